The first-order chi connectivity index (χ1) is 14.3. The van der Waals surface area contributed by atoms with Gasteiger partial charge in [-0.2, -0.15) is 9.97 Å². The maximum atomic E-state index is 5.95. The molecule has 0 atom stereocenters. The van der Waals surface area contributed by atoms with Crippen LogP contribution in [0.3, 0.4) is 0 Å². The fourth-order valence-electron chi connectivity index (χ4n) is 3.16. The van der Waals surface area contributed by atoms with E-state index in [1.54, 1.807) is 0 Å². The van der Waals surface area contributed by atoms with Crippen LogP contribution in [0, 0.1) is 0 Å². The van der Waals surface area contributed by atoms with Crippen LogP contribution in [-0.4, -0.2) is 28.2 Å². The van der Waals surface area contributed by atoms with Crippen LogP contribution < -0.4 is 20.3 Å². The Morgan fingerprint density at radius 1 is 0.966 bits per heavy atom. The van der Waals surface area contributed by atoms with Gasteiger partial charge in [0.1, 0.15) is 11.6 Å². The third kappa shape index (κ3) is 5.42. The van der Waals surface area contributed by atoms with E-state index >= 15 is 0 Å². The molecule has 1 aromatic heterocycles. The Morgan fingerprint density at radius 2 is 1.66 bits per heavy atom. The highest BCUT2D eigenvalue weighted by molar-refractivity contribution is 7.80. The zero-order chi connectivity index (χ0) is 19.9. The summed E-state index contributed by atoms with van der Waals surface area (Å²) in [7, 11) is 0. The van der Waals surface area contributed by atoms with Crippen molar-refractivity contribution in [3.8, 4) is 11.6 Å². The highest BCUT2D eigenvalue weighted by Gasteiger charge is 2.17. The number of rotatable bonds is 6. The Bertz CT molecular complexity index is 946. The fourth-order valence-corrected chi connectivity index (χ4v) is 3.33. The van der Waals surface area contributed by atoms with Gasteiger partial charge in [0.05, 0.1) is 0 Å². The summed E-state index contributed by atoms with van der Waals surface area (Å²) in [5.41, 5.74) is 1.15. The third-order valence-corrected chi connectivity index (χ3v) is 4.85. The molecule has 1 fully saturated rings. The zero-order valence-electron chi connectivity index (χ0n) is 16.0. The van der Waals surface area contributed by atoms with Crippen LogP contribution in [0.5, 0.6) is 11.6 Å². The van der Waals surface area contributed by atoms with Gasteiger partial charge in [-0.05, 0) is 42.8 Å². The number of hydrogen-bond donors (Lipinski definition) is 2. The lowest BCUT2D eigenvalue weighted by Crippen LogP contribution is -2.29. The molecule has 0 unspecified atom stereocenters. The van der Waals surface area contributed by atoms with Gasteiger partial charge in [-0.15, -0.1) is 0 Å². The van der Waals surface area contributed by atoms with E-state index in [2.05, 4.69) is 25.5 Å². The predicted molar refractivity (Wildman–Crippen MR) is 119 cm³/mol. The van der Waals surface area contributed by atoms with E-state index in [0.717, 1.165) is 30.2 Å². The van der Waals surface area contributed by atoms with Gasteiger partial charge in [0.25, 0.3) is 0 Å². The highest BCUT2D eigenvalue weighted by atomic mass is 32.1. The Morgan fingerprint density at radius 3 is 2.38 bits per heavy atom. The summed E-state index contributed by atoms with van der Waals surface area (Å²) in [6.45, 7) is 2.60. The van der Waals surface area contributed by atoms with Crippen LogP contribution in [0.25, 0.3) is 0 Å². The predicted octanol–water partition coefficient (Wildman–Crippen LogP) is 4.36. The number of hydrogen-bond acceptors (Lipinski definition) is 5. The van der Waals surface area contributed by atoms with Gasteiger partial charge in [-0.3, -0.25) is 0 Å². The van der Waals surface area contributed by atoms with E-state index in [9.17, 15) is 0 Å². The summed E-state index contributed by atoms with van der Waals surface area (Å²) >= 11 is 5.43. The van der Waals surface area contributed by atoms with Gasteiger partial charge in [-0.25, -0.2) is 0 Å². The first-order valence-electron chi connectivity index (χ1n) is 9.72. The van der Waals surface area contributed by atoms with Crippen LogP contribution in [-0.2, 0) is 6.54 Å². The molecule has 148 valence electrons. The van der Waals surface area contributed by atoms with Gasteiger partial charge in [0.2, 0.25) is 11.8 Å². The summed E-state index contributed by atoms with van der Waals surface area (Å²) in [4.78, 5) is 11.4. The number of anilines is 2. The number of thiocarbonyl (C=S) groups is 1. The first kappa shape index (κ1) is 19.1. The Kier molecular flexibility index (Phi) is 6.16. The van der Waals surface area contributed by atoms with Crippen molar-refractivity contribution in [1.29, 1.82) is 0 Å². The van der Waals surface area contributed by atoms with Gasteiger partial charge in [-0.1, -0.05) is 48.5 Å². The SMILES string of the molecule is S=C(NCc1ccccc1)Nc1nc(Oc2ccccc2)cc(N2CCCC2)n1. The quantitative estimate of drug-likeness (QED) is 0.591. The smallest absolute Gasteiger partial charge is 0.234 e. The molecular weight excluding hydrogens is 382 g/mol. The Labute approximate surface area is 176 Å². The molecule has 0 saturated carbocycles. The molecule has 4 rings (SSSR count). The summed E-state index contributed by atoms with van der Waals surface area (Å²) in [5.74, 6) is 2.48. The van der Waals surface area contributed by atoms with Crippen molar-refractivity contribution >= 4 is 29.1 Å². The number of para-hydroxylation sites is 1. The fraction of sp³-hybridized carbons (Fsp3) is 0.227. The molecule has 0 amide bonds. The lowest BCUT2D eigenvalue weighted by atomic mass is 10.2. The van der Waals surface area contributed by atoms with Crippen LogP contribution >= 0.6 is 12.2 Å². The molecule has 1 saturated heterocycles. The maximum absolute atomic E-state index is 5.95. The van der Waals surface area contributed by atoms with Crippen molar-refractivity contribution in [2.75, 3.05) is 23.3 Å². The van der Waals surface area contributed by atoms with Crippen LogP contribution in [0.1, 0.15) is 18.4 Å². The van der Waals surface area contributed by atoms with E-state index in [-0.39, 0.29) is 0 Å². The van der Waals surface area contributed by atoms with Crippen LogP contribution in [0.2, 0.25) is 0 Å². The molecule has 0 aliphatic carbocycles. The second-order valence-corrected chi connectivity index (χ2v) is 7.20. The minimum Gasteiger partial charge on any atom is -0.439 e. The van der Waals surface area contributed by atoms with Crippen molar-refractivity contribution in [3.63, 3.8) is 0 Å². The molecule has 2 N–H and O–H groups in total. The molecule has 1 aliphatic heterocycles. The van der Waals surface area contributed by atoms with Gasteiger partial charge >= 0.3 is 0 Å². The van der Waals surface area contributed by atoms with Crippen LogP contribution in [0.15, 0.2) is 66.7 Å². The van der Waals surface area contributed by atoms with E-state index in [1.165, 1.54) is 12.8 Å². The van der Waals surface area contributed by atoms with Crippen molar-refractivity contribution < 1.29 is 4.74 Å². The molecule has 0 spiro atoms. The van der Waals surface area contributed by atoms with Crippen molar-refractivity contribution in [3.05, 3.63) is 72.3 Å². The molecule has 7 heteroatoms. The van der Waals surface area contributed by atoms with Gasteiger partial charge in [0.15, 0.2) is 5.11 Å². The average molecular weight is 406 g/mol. The van der Waals surface area contributed by atoms with Crippen LogP contribution in [0.4, 0.5) is 11.8 Å². The second kappa shape index (κ2) is 9.34. The summed E-state index contributed by atoms with van der Waals surface area (Å²) < 4.78 is 5.95. The van der Waals surface area contributed by atoms with E-state index in [1.807, 2.05) is 66.7 Å². The molecule has 2 aromatic carbocycles. The minimum absolute atomic E-state index is 0.422. The Balaban J connectivity index is 1.49. The molecule has 1 aliphatic rings. The minimum atomic E-state index is 0.422. The number of ether oxygens (including phenoxy) is 1. The second-order valence-electron chi connectivity index (χ2n) is 6.79. The lowest BCUT2D eigenvalue weighted by Gasteiger charge is -2.18. The Hall–Kier alpha value is -3.19. The lowest BCUT2D eigenvalue weighted by molar-refractivity contribution is 0.462. The molecule has 3 aromatic rings. The zero-order valence-corrected chi connectivity index (χ0v) is 16.9. The first-order valence-corrected chi connectivity index (χ1v) is 10.1. The summed E-state index contributed by atoms with van der Waals surface area (Å²) in [5, 5.41) is 6.76. The standard InChI is InChI=1S/C22H23N5OS/c29-22(23-16-17-9-3-1-4-10-17)26-21-24-19(27-13-7-8-14-27)15-20(25-21)28-18-11-5-2-6-12-18/h1-6,9-12,15H,7-8,13-14,16H2,(H2,23,24,25,26,29). The topological polar surface area (TPSA) is 62.3 Å². The number of nitrogens with zero attached hydrogens (tertiary/aromatic N) is 3. The van der Waals surface area contributed by atoms with E-state index in [0.29, 0.717) is 23.5 Å². The van der Waals surface area contributed by atoms with Crippen molar-refractivity contribution in [2.24, 2.45) is 0 Å². The molecule has 2 heterocycles. The molecule has 0 bridgehead atoms. The normalized spacial score (nSPS) is 13.2. The van der Waals surface area contributed by atoms with Gasteiger partial charge < -0.3 is 20.3 Å². The number of nitrogens with one attached hydrogen (secondary N) is 2. The molecule has 29 heavy (non-hydrogen) atoms. The van der Waals surface area contributed by atoms with E-state index in [4.69, 9.17) is 17.0 Å². The summed E-state index contributed by atoms with van der Waals surface area (Å²) in [6, 6.07) is 21.6. The molecule has 0 radical (unpaired) electrons. The highest BCUT2D eigenvalue weighted by Crippen LogP contribution is 2.26. The largest absolute Gasteiger partial charge is 0.439 e. The third-order valence-electron chi connectivity index (χ3n) is 4.61. The van der Waals surface area contributed by atoms with E-state index < -0.39 is 0 Å². The van der Waals surface area contributed by atoms with Crippen molar-refractivity contribution in [1.82, 2.24) is 15.3 Å². The molecular formula is C22H23N5OS. The van der Waals surface area contributed by atoms with Crippen molar-refractivity contribution in [2.45, 2.75) is 19.4 Å². The monoisotopic (exact) mass is 405 g/mol. The molecule has 6 nitrogen and oxygen atoms in total. The maximum Gasteiger partial charge on any atom is 0.234 e. The van der Waals surface area contributed by atoms with Gasteiger partial charge in [0, 0.05) is 25.7 Å². The number of benzene rings is 2. The average Bonchev–Trinajstić information content (AvgIpc) is 3.29. The summed E-state index contributed by atoms with van der Waals surface area (Å²) in [6.07, 6.45) is 2.33. The number of aromatic nitrogens is 2.